The minimum absolute atomic E-state index is 0.0732. The van der Waals surface area contributed by atoms with Crippen LogP contribution in [0.4, 0.5) is 19.0 Å². The molecular weight excluding hydrogens is 421 g/mol. The van der Waals surface area contributed by atoms with Gasteiger partial charge in [-0.05, 0) is 24.6 Å². The first kappa shape index (κ1) is 21.5. The number of alkyl halides is 3. The van der Waals surface area contributed by atoms with Gasteiger partial charge in [0.2, 0.25) is 0 Å². The van der Waals surface area contributed by atoms with Crippen LogP contribution in [0.2, 0.25) is 0 Å². The summed E-state index contributed by atoms with van der Waals surface area (Å²) >= 11 is 0. The monoisotopic (exact) mass is 438 g/mol. The largest absolute Gasteiger partial charge is 0.435 e. The van der Waals surface area contributed by atoms with Gasteiger partial charge in [0.1, 0.15) is 5.82 Å². The summed E-state index contributed by atoms with van der Waals surface area (Å²) in [6.07, 6.45) is -2.86. The molecule has 0 fully saturated rings. The van der Waals surface area contributed by atoms with Crippen LogP contribution in [0.5, 0.6) is 0 Å². The number of pyridine rings is 1. The van der Waals surface area contributed by atoms with Crippen LogP contribution in [0.25, 0.3) is 5.82 Å². The molecule has 0 aliphatic rings. The van der Waals surface area contributed by atoms with Crippen molar-refractivity contribution in [2.24, 2.45) is 0 Å². The van der Waals surface area contributed by atoms with Gasteiger partial charge < -0.3 is 5.32 Å². The lowest BCUT2D eigenvalue weighted by Crippen LogP contribution is -2.12. The molecule has 1 N–H and O–H groups in total. The zero-order valence-corrected chi connectivity index (χ0v) is 16.8. The van der Waals surface area contributed by atoms with E-state index in [1.807, 2.05) is 0 Å². The van der Waals surface area contributed by atoms with Gasteiger partial charge in [-0.1, -0.05) is 30.3 Å². The first-order valence-corrected chi connectivity index (χ1v) is 10.5. The van der Waals surface area contributed by atoms with Crippen molar-refractivity contribution < 1.29 is 26.4 Å². The second-order valence-corrected chi connectivity index (χ2v) is 8.52. The number of carbonyl (C=O) groups is 1. The van der Waals surface area contributed by atoms with Crippen molar-refractivity contribution in [3.05, 3.63) is 65.5 Å². The molecule has 0 aliphatic heterocycles. The van der Waals surface area contributed by atoms with E-state index in [-0.39, 0.29) is 23.1 Å². The lowest BCUT2D eigenvalue weighted by molar-refractivity contribution is -0.141. The molecule has 0 unspecified atom stereocenters. The summed E-state index contributed by atoms with van der Waals surface area (Å²) in [6.45, 7) is 1.15. The van der Waals surface area contributed by atoms with Crippen molar-refractivity contribution >= 4 is 21.4 Å². The average molecular weight is 438 g/mol. The molecule has 3 aromatic rings. The Morgan fingerprint density at radius 2 is 1.80 bits per heavy atom. The molecule has 0 radical (unpaired) electrons. The molecule has 3 rings (SSSR count). The van der Waals surface area contributed by atoms with Crippen LogP contribution in [0, 0.1) is 0 Å². The number of hydrogen-bond donors (Lipinski definition) is 1. The van der Waals surface area contributed by atoms with E-state index in [1.54, 1.807) is 30.3 Å². The van der Waals surface area contributed by atoms with Gasteiger partial charge in [-0.3, -0.25) is 4.79 Å². The Balaban J connectivity index is 2.14. The number of aromatic nitrogens is 3. The fraction of sp³-hybridized carbons (Fsp3) is 0.211. The van der Waals surface area contributed by atoms with E-state index in [1.165, 1.54) is 12.1 Å². The summed E-state index contributed by atoms with van der Waals surface area (Å²) in [6, 6.07) is 11.3. The third kappa shape index (κ3) is 4.51. The molecule has 0 amide bonds. The topological polar surface area (TPSA) is 94.0 Å². The second-order valence-electron chi connectivity index (χ2n) is 6.50. The highest BCUT2D eigenvalue weighted by Gasteiger charge is 2.41. The summed E-state index contributed by atoms with van der Waals surface area (Å²) in [5.41, 5.74) is -1.19. The van der Waals surface area contributed by atoms with Crippen molar-refractivity contribution in [3.8, 4) is 5.82 Å². The number of anilines is 1. The number of carbonyl (C=O) groups excluding carboxylic acids is 1. The number of nitrogens with one attached hydrogen (secondary N) is 1. The lowest BCUT2D eigenvalue weighted by atomic mass is 10.1. The highest BCUT2D eigenvalue weighted by molar-refractivity contribution is 7.90. The molecule has 0 saturated carbocycles. The molecule has 0 aliphatic carbocycles. The summed E-state index contributed by atoms with van der Waals surface area (Å²) in [7, 11) is -3.54. The van der Waals surface area contributed by atoms with E-state index in [4.69, 9.17) is 0 Å². The Labute approximate surface area is 170 Å². The van der Waals surface area contributed by atoms with Gasteiger partial charge in [0.25, 0.3) is 0 Å². The fourth-order valence-electron chi connectivity index (χ4n) is 2.78. The molecule has 30 heavy (non-hydrogen) atoms. The fourth-order valence-corrected chi connectivity index (χ4v) is 3.34. The Hall–Kier alpha value is -3.21. The van der Waals surface area contributed by atoms with E-state index in [0.29, 0.717) is 0 Å². The molecule has 0 atom stereocenters. The molecule has 0 spiro atoms. The summed E-state index contributed by atoms with van der Waals surface area (Å²) in [5, 5.41) is 6.41. The number of ketones is 1. The van der Waals surface area contributed by atoms with Gasteiger partial charge in [-0.25, -0.2) is 13.4 Å². The van der Waals surface area contributed by atoms with Crippen molar-refractivity contribution in [2.45, 2.75) is 24.5 Å². The number of halogens is 3. The Kier molecular flexibility index (Phi) is 5.66. The molecule has 0 saturated heterocycles. The number of hydrogen-bond acceptors (Lipinski definition) is 6. The van der Waals surface area contributed by atoms with E-state index >= 15 is 0 Å². The summed E-state index contributed by atoms with van der Waals surface area (Å²) in [4.78, 5) is 15.9. The molecular formula is C19H17F3N4O3S. The van der Waals surface area contributed by atoms with Crippen molar-refractivity contribution in [1.82, 2.24) is 14.8 Å². The van der Waals surface area contributed by atoms with Crippen LogP contribution in [0.15, 0.2) is 53.6 Å². The van der Waals surface area contributed by atoms with Crippen LogP contribution < -0.4 is 5.32 Å². The van der Waals surface area contributed by atoms with Crippen LogP contribution in [-0.4, -0.2) is 35.2 Å². The Bertz CT molecular complexity index is 1170. The third-order valence-corrected chi connectivity index (χ3v) is 5.27. The van der Waals surface area contributed by atoms with Crippen molar-refractivity contribution in [1.29, 1.82) is 0 Å². The zero-order valence-electron chi connectivity index (χ0n) is 15.9. The molecule has 7 nitrogen and oxygen atoms in total. The normalized spacial score (nSPS) is 12.0. The number of sulfone groups is 1. The van der Waals surface area contributed by atoms with E-state index in [2.05, 4.69) is 15.4 Å². The highest BCUT2D eigenvalue weighted by Crippen LogP contribution is 2.36. The minimum atomic E-state index is -4.87. The third-order valence-electron chi connectivity index (χ3n) is 4.17. The first-order valence-electron chi connectivity index (χ1n) is 8.64. The molecule has 2 aromatic heterocycles. The lowest BCUT2D eigenvalue weighted by Gasteiger charge is -2.11. The number of nitrogens with zero attached hydrogens (tertiary/aromatic N) is 3. The summed E-state index contributed by atoms with van der Waals surface area (Å²) < 4.78 is 64.7. The number of rotatable bonds is 6. The Morgan fingerprint density at radius 1 is 1.13 bits per heavy atom. The highest BCUT2D eigenvalue weighted by atomic mass is 32.2. The van der Waals surface area contributed by atoms with E-state index in [9.17, 15) is 26.4 Å². The minimum Gasteiger partial charge on any atom is -0.365 e. The maximum absolute atomic E-state index is 13.5. The second kappa shape index (κ2) is 7.90. The quantitative estimate of drug-likeness (QED) is 0.592. The van der Waals surface area contributed by atoms with Crippen LogP contribution >= 0.6 is 0 Å². The average Bonchev–Trinajstić information content (AvgIpc) is 3.07. The van der Waals surface area contributed by atoms with Gasteiger partial charge in [0.15, 0.2) is 27.1 Å². The van der Waals surface area contributed by atoms with E-state index < -0.39 is 33.1 Å². The molecule has 11 heteroatoms. The van der Waals surface area contributed by atoms with E-state index in [0.717, 1.165) is 29.6 Å². The van der Waals surface area contributed by atoms with Crippen LogP contribution in [-0.2, 0) is 22.6 Å². The van der Waals surface area contributed by atoms with Gasteiger partial charge in [-0.15, -0.1) is 0 Å². The number of benzene rings is 1. The van der Waals surface area contributed by atoms with Gasteiger partial charge in [0.05, 0.1) is 10.5 Å². The molecule has 0 bridgehead atoms. The van der Waals surface area contributed by atoms with Crippen molar-refractivity contribution in [2.75, 3.05) is 11.6 Å². The van der Waals surface area contributed by atoms with Crippen molar-refractivity contribution in [3.63, 3.8) is 0 Å². The standard InChI is InChI=1S/C19H17F3N4O3S/c1-12(27)16-17(19(20,21)22)25-26(15-9-8-14(11-23-15)30(2,28)29)18(16)24-10-13-6-4-3-5-7-13/h3-9,11,24H,10H2,1-2H3. The molecule has 158 valence electrons. The molecule has 1 aromatic carbocycles. The zero-order chi connectivity index (χ0) is 22.1. The SMILES string of the molecule is CC(=O)c1c(C(F)(F)F)nn(-c2ccc(S(C)(=O)=O)cn2)c1NCc1ccccc1. The smallest absolute Gasteiger partial charge is 0.365 e. The predicted molar refractivity (Wildman–Crippen MR) is 103 cm³/mol. The maximum atomic E-state index is 13.5. The predicted octanol–water partition coefficient (Wildman–Crippen LogP) is 3.50. The summed E-state index contributed by atoms with van der Waals surface area (Å²) in [5.74, 6) is -1.08. The van der Waals surface area contributed by atoms with Gasteiger partial charge in [0, 0.05) is 19.0 Å². The first-order chi connectivity index (χ1) is 14.0. The Morgan fingerprint density at radius 3 is 2.30 bits per heavy atom. The van der Waals surface area contributed by atoms with Gasteiger partial charge >= 0.3 is 6.18 Å². The molecule has 2 heterocycles. The van der Waals surface area contributed by atoms with Crippen LogP contribution in [0.1, 0.15) is 28.5 Å². The van der Waals surface area contributed by atoms with Crippen LogP contribution in [0.3, 0.4) is 0 Å². The van der Waals surface area contributed by atoms with Gasteiger partial charge in [-0.2, -0.15) is 23.0 Å². The number of Topliss-reactive ketones (excluding diaryl/α,β-unsaturated/α-hetero) is 1. The maximum Gasteiger partial charge on any atom is 0.435 e.